The Hall–Kier alpha value is -1.55. The SMILES string of the molecule is Cc1cccc(OC(C(=O)N(C)CCC2CCOCC2)C(C)C)c1. The Morgan fingerprint density at radius 2 is 2.04 bits per heavy atom. The van der Waals surface area contributed by atoms with Crippen LogP contribution in [-0.2, 0) is 9.53 Å². The summed E-state index contributed by atoms with van der Waals surface area (Å²) in [7, 11) is 1.89. The highest BCUT2D eigenvalue weighted by atomic mass is 16.5. The summed E-state index contributed by atoms with van der Waals surface area (Å²) >= 11 is 0. The fourth-order valence-electron chi connectivity index (χ4n) is 3.05. The van der Waals surface area contributed by atoms with Crippen molar-refractivity contribution < 1.29 is 14.3 Å². The van der Waals surface area contributed by atoms with Gasteiger partial charge in [0.1, 0.15) is 5.75 Å². The molecule has 4 heteroatoms. The molecule has 134 valence electrons. The first-order chi connectivity index (χ1) is 11.5. The van der Waals surface area contributed by atoms with E-state index in [2.05, 4.69) is 0 Å². The minimum absolute atomic E-state index is 0.0681. The highest BCUT2D eigenvalue weighted by molar-refractivity contribution is 5.81. The number of hydrogen-bond acceptors (Lipinski definition) is 3. The van der Waals surface area contributed by atoms with Crippen molar-refractivity contribution in [2.75, 3.05) is 26.8 Å². The van der Waals surface area contributed by atoms with Gasteiger partial charge < -0.3 is 14.4 Å². The first-order valence-electron chi connectivity index (χ1n) is 9.03. The highest BCUT2D eigenvalue weighted by Crippen LogP contribution is 2.21. The van der Waals surface area contributed by atoms with Gasteiger partial charge in [0.05, 0.1) is 0 Å². The van der Waals surface area contributed by atoms with Gasteiger partial charge in [0.15, 0.2) is 6.10 Å². The summed E-state index contributed by atoms with van der Waals surface area (Å²) in [5.41, 5.74) is 1.13. The van der Waals surface area contributed by atoms with Gasteiger partial charge in [-0.3, -0.25) is 4.79 Å². The third-order valence-corrected chi connectivity index (χ3v) is 4.69. The Balaban J connectivity index is 1.92. The summed E-state index contributed by atoms with van der Waals surface area (Å²) in [6.45, 7) is 8.58. The lowest BCUT2D eigenvalue weighted by molar-refractivity contribution is -0.139. The number of carbonyl (C=O) groups excluding carboxylic acids is 1. The molecule has 1 fully saturated rings. The molecule has 1 saturated heterocycles. The smallest absolute Gasteiger partial charge is 0.263 e. The molecule has 0 bridgehead atoms. The van der Waals surface area contributed by atoms with Crippen molar-refractivity contribution in [3.8, 4) is 5.75 Å². The number of aryl methyl sites for hydroxylation is 1. The molecule has 1 amide bonds. The summed E-state index contributed by atoms with van der Waals surface area (Å²) in [6.07, 6.45) is 2.82. The van der Waals surface area contributed by atoms with Gasteiger partial charge in [-0.2, -0.15) is 0 Å². The minimum Gasteiger partial charge on any atom is -0.480 e. The van der Waals surface area contributed by atoms with Gasteiger partial charge in [0.25, 0.3) is 5.91 Å². The second-order valence-corrected chi connectivity index (χ2v) is 7.20. The minimum atomic E-state index is -0.438. The summed E-state index contributed by atoms with van der Waals surface area (Å²) in [4.78, 5) is 14.7. The van der Waals surface area contributed by atoms with Crippen molar-refractivity contribution in [3.63, 3.8) is 0 Å². The zero-order valence-electron chi connectivity index (χ0n) is 15.5. The predicted molar refractivity (Wildman–Crippen MR) is 96.2 cm³/mol. The van der Waals surface area contributed by atoms with Gasteiger partial charge in [0.2, 0.25) is 0 Å². The van der Waals surface area contributed by atoms with Crippen LogP contribution in [0.5, 0.6) is 5.75 Å². The molecule has 0 aromatic heterocycles. The number of rotatable bonds is 7. The molecule has 2 rings (SSSR count). The van der Waals surface area contributed by atoms with Gasteiger partial charge in [-0.15, -0.1) is 0 Å². The van der Waals surface area contributed by atoms with Crippen LogP contribution < -0.4 is 4.74 Å². The lowest BCUT2D eigenvalue weighted by atomic mass is 9.96. The van der Waals surface area contributed by atoms with Gasteiger partial charge in [-0.05, 0) is 55.7 Å². The van der Waals surface area contributed by atoms with E-state index >= 15 is 0 Å². The van der Waals surface area contributed by atoms with Crippen LogP contribution in [0.15, 0.2) is 24.3 Å². The van der Waals surface area contributed by atoms with Crippen LogP contribution in [0.4, 0.5) is 0 Å². The molecule has 1 aromatic rings. The molecule has 0 N–H and O–H groups in total. The quantitative estimate of drug-likeness (QED) is 0.764. The van der Waals surface area contributed by atoms with E-state index < -0.39 is 6.10 Å². The predicted octanol–water partition coefficient (Wildman–Crippen LogP) is 3.67. The van der Waals surface area contributed by atoms with E-state index in [1.807, 2.05) is 57.0 Å². The Kier molecular flexibility index (Phi) is 7.10. The Bertz CT molecular complexity index is 523. The Morgan fingerprint density at radius 1 is 1.33 bits per heavy atom. The molecule has 1 aliphatic rings. The van der Waals surface area contributed by atoms with E-state index in [1.54, 1.807) is 0 Å². The van der Waals surface area contributed by atoms with Crippen molar-refractivity contribution in [3.05, 3.63) is 29.8 Å². The lowest BCUT2D eigenvalue weighted by Crippen LogP contribution is -2.43. The number of likely N-dealkylation sites (N-methyl/N-ethyl adjacent to an activating group) is 1. The van der Waals surface area contributed by atoms with E-state index in [0.29, 0.717) is 5.92 Å². The van der Waals surface area contributed by atoms with Gasteiger partial charge in [0, 0.05) is 26.8 Å². The van der Waals surface area contributed by atoms with Gasteiger partial charge >= 0.3 is 0 Å². The van der Waals surface area contributed by atoms with Gasteiger partial charge in [-0.1, -0.05) is 26.0 Å². The number of amides is 1. The molecule has 1 aliphatic heterocycles. The van der Waals surface area contributed by atoms with Gasteiger partial charge in [-0.25, -0.2) is 0 Å². The van der Waals surface area contributed by atoms with Crippen LogP contribution in [0.1, 0.15) is 38.7 Å². The average Bonchev–Trinajstić information content (AvgIpc) is 2.57. The molecule has 0 aliphatic carbocycles. The maximum Gasteiger partial charge on any atom is 0.263 e. The number of hydrogen-bond donors (Lipinski definition) is 0. The molecule has 1 atom stereocenters. The van der Waals surface area contributed by atoms with Crippen LogP contribution in [0.3, 0.4) is 0 Å². The van der Waals surface area contributed by atoms with Crippen molar-refractivity contribution in [1.29, 1.82) is 0 Å². The standard InChI is InChI=1S/C20H31NO3/c1-15(2)19(24-18-7-5-6-16(3)14-18)20(22)21(4)11-8-17-9-12-23-13-10-17/h5-7,14-15,17,19H,8-13H2,1-4H3. The molecule has 4 nitrogen and oxygen atoms in total. The molecule has 1 aromatic carbocycles. The van der Waals surface area contributed by atoms with Crippen molar-refractivity contribution >= 4 is 5.91 Å². The maximum atomic E-state index is 12.8. The van der Waals surface area contributed by atoms with Crippen LogP contribution in [0, 0.1) is 18.8 Å². The fourth-order valence-corrected chi connectivity index (χ4v) is 3.05. The molecule has 0 saturated carbocycles. The molecule has 1 unspecified atom stereocenters. The average molecular weight is 333 g/mol. The molecule has 24 heavy (non-hydrogen) atoms. The van der Waals surface area contributed by atoms with E-state index in [1.165, 1.54) is 0 Å². The number of carbonyl (C=O) groups is 1. The van der Waals surface area contributed by atoms with E-state index in [9.17, 15) is 4.79 Å². The second kappa shape index (κ2) is 9.07. The zero-order valence-corrected chi connectivity index (χ0v) is 15.5. The molecular weight excluding hydrogens is 302 g/mol. The first-order valence-corrected chi connectivity index (χ1v) is 9.03. The van der Waals surface area contributed by atoms with Crippen LogP contribution >= 0.6 is 0 Å². The summed E-state index contributed by atoms with van der Waals surface area (Å²) in [5.74, 6) is 1.63. The number of ether oxygens (including phenoxy) is 2. The molecule has 0 spiro atoms. The summed E-state index contributed by atoms with van der Waals surface area (Å²) in [6, 6.07) is 7.88. The third-order valence-electron chi connectivity index (χ3n) is 4.69. The third kappa shape index (κ3) is 5.52. The van der Waals surface area contributed by atoms with Crippen molar-refractivity contribution in [2.45, 2.75) is 46.1 Å². The van der Waals surface area contributed by atoms with E-state index in [-0.39, 0.29) is 11.8 Å². The first kappa shape index (κ1) is 18.8. The van der Waals surface area contributed by atoms with Crippen LogP contribution in [0.2, 0.25) is 0 Å². The molecule has 0 radical (unpaired) electrons. The van der Waals surface area contributed by atoms with Crippen molar-refractivity contribution in [2.24, 2.45) is 11.8 Å². The number of nitrogens with zero attached hydrogens (tertiary/aromatic N) is 1. The van der Waals surface area contributed by atoms with Crippen LogP contribution in [0.25, 0.3) is 0 Å². The maximum absolute atomic E-state index is 12.8. The lowest BCUT2D eigenvalue weighted by Gasteiger charge is -2.29. The Labute approximate surface area is 146 Å². The topological polar surface area (TPSA) is 38.8 Å². The van der Waals surface area contributed by atoms with E-state index in [4.69, 9.17) is 9.47 Å². The van der Waals surface area contributed by atoms with Crippen molar-refractivity contribution in [1.82, 2.24) is 4.90 Å². The highest BCUT2D eigenvalue weighted by Gasteiger charge is 2.27. The van der Waals surface area contributed by atoms with Crippen LogP contribution in [-0.4, -0.2) is 43.7 Å². The fraction of sp³-hybridized carbons (Fsp3) is 0.650. The molecular formula is C20H31NO3. The zero-order chi connectivity index (χ0) is 17.5. The number of benzene rings is 1. The summed E-state index contributed by atoms with van der Waals surface area (Å²) < 4.78 is 11.4. The largest absolute Gasteiger partial charge is 0.480 e. The normalized spacial score (nSPS) is 16.9. The van der Waals surface area contributed by atoms with E-state index in [0.717, 1.165) is 50.3 Å². The monoisotopic (exact) mass is 333 g/mol. The second-order valence-electron chi connectivity index (χ2n) is 7.20. The molecule has 1 heterocycles. The Morgan fingerprint density at radius 3 is 2.67 bits per heavy atom. The summed E-state index contributed by atoms with van der Waals surface area (Å²) in [5, 5.41) is 0.